The molecule has 1 aromatic carbocycles. The SMILES string of the molecule is CCOCc1ccc(CNC(=O)CC(C)C2CCCNC2)cc1.Cl. The number of amides is 1. The van der Waals surface area contributed by atoms with Crippen LogP contribution in [0.5, 0.6) is 0 Å². The zero-order valence-corrected chi connectivity index (χ0v) is 15.7. The first kappa shape index (κ1) is 20.9. The van der Waals surface area contributed by atoms with E-state index in [9.17, 15) is 4.79 Å². The summed E-state index contributed by atoms with van der Waals surface area (Å²) in [6.07, 6.45) is 3.09. The molecule has 1 fully saturated rings. The first-order chi connectivity index (χ1) is 11.2. The van der Waals surface area contributed by atoms with Crippen molar-refractivity contribution < 1.29 is 9.53 Å². The van der Waals surface area contributed by atoms with E-state index in [1.165, 1.54) is 18.4 Å². The minimum absolute atomic E-state index is 0. The van der Waals surface area contributed by atoms with Gasteiger partial charge in [0.1, 0.15) is 0 Å². The average molecular weight is 355 g/mol. The molecule has 0 aromatic heterocycles. The molecular formula is C19H31ClN2O2. The lowest BCUT2D eigenvalue weighted by molar-refractivity contribution is -0.122. The number of carbonyl (C=O) groups is 1. The summed E-state index contributed by atoms with van der Waals surface area (Å²) in [5.74, 6) is 1.23. The lowest BCUT2D eigenvalue weighted by atomic mass is 9.85. The van der Waals surface area contributed by atoms with Crippen molar-refractivity contribution in [3.05, 3.63) is 35.4 Å². The van der Waals surface area contributed by atoms with Crippen LogP contribution in [0.1, 0.15) is 44.2 Å². The van der Waals surface area contributed by atoms with Crippen LogP contribution in [-0.4, -0.2) is 25.6 Å². The van der Waals surface area contributed by atoms with Gasteiger partial charge in [0.05, 0.1) is 6.61 Å². The number of nitrogens with one attached hydrogen (secondary N) is 2. The Hall–Kier alpha value is -1.10. The van der Waals surface area contributed by atoms with Crippen LogP contribution in [0.25, 0.3) is 0 Å². The lowest BCUT2D eigenvalue weighted by Crippen LogP contribution is -2.35. The van der Waals surface area contributed by atoms with Gasteiger partial charge in [-0.2, -0.15) is 0 Å². The molecule has 0 aliphatic carbocycles. The van der Waals surface area contributed by atoms with Gasteiger partial charge in [-0.15, -0.1) is 12.4 Å². The number of carbonyl (C=O) groups excluding carboxylic acids is 1. The third-order valence-corrected chi connectivity index (χ3v) is 4.63. The van der Waals surface area contributed by atoms with E-state index in [1.54, 1.807) is 0 Å². The number of hydrogen-bond acceptors (Lipinski definition) is 3. The third-order valence-electron chi connectivity index (χ3n) is 4.63. The number of benzene rings is 1. The van der Waals surface area contributed by atoms with Gasteiger partial charge in [-0.1, -0.05) is 31.2 Å². The van der Waals surface area contributed by atoms with Gasteiger partial charge in [0.25, 0.3) is 0 Å². The van der Waals surface area contributed by atoms with Gasteiger partial charge < -0.3 is 15.4 Å². The summed E-state index contributed by atoms with van der Waals surface area (Å²) >= 11 is 0. The molecule has 1 saturated heterocycles. The Morgan fingerprint density at radius 2 is 2.04 bits per heavy atom. The van der Waals surface area contributed by atoms with Gasteiger partial charge in [-0.3, -0.25) is 4.79 Å². The first-order valence-electron chi connectivity index (χ1n) is 8.82. The van der Waals surface area contributed by atoms with Gasteiger partial charge in [-0.05, 0) is 55.8 Å². The summed E-state index contributed by atoms with van der Waals surface area (Å²) in [5.41, 5.74) is 2.30. The van der Waals surface area contributed by atoms with Gasteiger partial charge >= 0.3 is 0 Å². The predicted molar refractivity (Wildman–Crippen MR) is 100 cm³/mol. The molecule has 1 aliphatic heterocycles. The number of ether oxygens (including phenoxy) is 1. The molecule has 4 nitrogen and oxygen atoms in total. The second-order valence-corrected chi connectivity index (χ2v) is 6.52. The summed E-state index contributed by atoms with van der Waals surface area (Å²) in [6, 6.07) is 8.24. The smallest absolute Gasteiger partial charge is 0.220 e. The van der Waals surface area contributed by atoms with Crippen molar-refractivity contribution in [1.29, 1.82) is 0 Å². The van der Waals surface area contributed by atoms with Crippen molar-refractivity contribution >= 4 is 18.3 Å². The molecule has 2 N–H and O–H groups in total. The second-order valence-electron chi connectivity index (χ2n) is 6.52. The standard InChI is InChI=1S/C19H30N2O2.ClH/c1-3-23-14-17-8-6-16(7-9-17)12-21-19(22)11-15(2)18-5-4-10-20-13-18;/h6-9,15,18,20H,3-5,10-14H2,1-2H3,(H,21,22);1H. The molecule has 2 atom stereocenters. The minimum atomic E-state index is 0. The monoisotopic (exact) mass is 354 g/mol. The van der Waals surface area contributed by atoms with E-state index >= 15 is 0 Å². The first-order valence-corrected chi connectivity index (χ1v) is 8.82. The Bertz CT molecular complexity index is 473. The Morgan fingerprint density at radius 3 is 2.67 bits per heavy atom. The van der Waals surface area contributed by atoms with Crippen molar-refractivity contribution in [2.45, 2.75) is 46.3 Å². The fourth-order valence-corrected chi connectivity index (χ4v) is 3.07. The van der Waals surface area contributed by atoms with Crippen LogP contribution in [0.2, 0.25) is 0 Å². The highest BCUT2D eigenvalue weighted by Crippen LogP contribution is 2.22. The maximum atomic E-state index is 12.1. The second kappa shape index (κ2) is 11.5. The summed E-state index contributed by atoms with van der Waals surface area (Å²) in [4.78, 5) is 12.1. The van der Waals surface area contributed by atoms with Gasteiger partial charge in [0, 0.05) is 19.6 Å². The average Bonchev–Trinajstić information content (AvgIpc) is 2.59. The van der Waals surface area contributed by atoms with E-state index in [-0.39, 0.29) is 18.3 Å². The van der Waals surface area contributed by atoms with E-state index in [0.29, 0.717) is 31.4 Å². The van der Waals surface area contributed by atoms with Crippen LogP contribution < -0.4 is 10.6 Å². The van der Waals surface area contributed by atoms with E-state index in [0.717, 1.165) is 25.3 Å². The van der Waals surface area contributed by atoms with E-state index in [2.05, 4.69) is 41.8 Å². The highest BCUT2D eigenvalue weighted by atomic mass is 35.5. The van der Waals surface area contributed by atoms with Crippen molar-refractivity contribution in [3.8, 4) is 0 Å². The van der Waals surface area contributed by atoms with Crippen molar-refractivity contribution in [2.75, 3.05) is 19.7 Å². The Kier molecular flexibility index (Phi) is 9.99. The summed E-state index contributed by atoms with van der Waals surface area (Å²) in [6.45, 7) is 8.34. The largest absolute Gasteiger partial charge is 0.377 e. The molecule has 0 bridgehead atoms. The van der Waals surface area contributed by atoms with Crippen molar-refractivity contribution in [3.63, 3.8) is 0 Å². The van der Waals surface area contributed by atoms with Crippen LogP contribution >= 0.6 is 12.4 Å². The fourth-order valence-electron chi connectivity index (χ4n) is 3.07. The molecule has 1 aliphatic rings. The van der Waals surface area contributed by atoms with Crippen LogP contribution in [0, 0.1) is 11.8 Å². The molecule has 2 rings (SSSR count). The van der Waals surface area contributed by atoms with Crippen LogP contribution in [0.15, 0.2) is 24.3 Å². The number of halogens is 1. The molecule has 1 heterocycles. The lowest BCUT2D eigenvalue weighted by Gasteiger charge is -2.28. The summed E-state index contributed by atoms with van der Waals surface area (Å²) < 4.78 is 5.38. The molecule has 0 radical (unpaired) electrons. The van der Waals surface area contributed by atoms with Crippen molar-refractivity contribution in [1.82, 2.24) is 10.6 Å². The molecule has 24 heavy (non-hydrogen) atoms. The molecule has 0 spiro atoms. The summed E-state index contributed by atoms with van der Waals surface area (Å²) in [5, 5.41) is 6.47. The number of hydrogen-bond donors (Lipinski definition) is 2. The number of rotatable bonds is 8. The third kappa shape index (κ3) is 7.20. The van der Waals surface area contributed by atoms with Gasteiger partial charge in [0.15, 0.2) is 0 Å². The molecule has 5 heteroatoms. The quantitative estimate of drug-likeness (QED) is 0.753. The predicted octanol–water partition coefficient (Wildman–Crippen LogP) is 3.29. The van der Waals surface area contributed by atoms with E-state index < -0.39 is 0 Å². The Labute approximate surface area is 152 Å². The molecule has 1 amide bonds. The normalized spacial score (nSPS) is 18.5. The highest BCUT2D eigenvalue weighted by Gasteiger charge is 2.21. The topological polar surface area (TPSA) is 50.4 Å². The highest BCUT2D eigenvalue weighted by molar-refractivity contribution is 5.85. The van der Waals surface area contributed by atoms with Gasteiger partial charge in [-0.25, -0.2) is 0 Å². The molecule has 136 valence electrons. The minimum Gasteiger partial charge on any atom is -0.377 e. The Balaban J connectivity index is 0.00000288. The van der Waals surface area contributed by atoms with Crippen molar-refractivity contribution in [2.24, 2.45) is 11.8 Å². The zero-order valence-electron chi connectivity index (χ0n) is 14.8. The van der Waals surface area contributed by atoms with Crippen LogP contribution in [-0.2, 0) is 22.7 Å². The Morgan fingerprint density at radius 1 is 1.33 bits per heavy atom. The molecule has 1 aromatic rings. The van der Waals surface area contributed by atoms with E-state index in [4.69, 9.17) is 4.74 Å². The summed E-state index contributed by atoms with van der Waals surface area (Å²) in [7, 11) is 0. The van der Waals surface area contributed by atoms with Crippen LogP contribution in [0.4, 0.5) is 0 Å². The van der Waals surface area contributed by atoms with E-state index in [1.807, 2.05) is 6.92 Å². The molecule has 2 unspecified atom stereocenters. The van der Waals surface area contributed by atoms with Gasteiger partial charge in [0.2, 0.25) is 5.91 Å². The fraction of sp³-hybridized carbons (Fsp3) is 0.632. The zero-order chi connectivity index (χ0) is 16.5. The molecular weight excluding hydrogens is 324 g/mol. The molecule has 0 saturated carbocycles. The number of piperidine rings is 1. The maximum Gasteiger partial charge on any atom is 0.220 e. The van der Waals surface area contributed by atoms with Crippen LogP contribution in [0.3, 0.4) is 0 Å². The maximum absolute atomic E-state index is 12.1.